The van der Waals surface area contributed by atoms with Crippen molar-refractivity contribution in [3.8, 4) is 0 Å². The van der Waals surface area contributed by atoms with Gasteiger partial charge in [0.2, 0.25) is 23.6 Å². The van der Waals surface area contributed by atoms with Crippen LogP contribution in [-0.2, 0) is 73.1 Å². The molecule has 27 nitrogen and oxygen atoms in total. The molecule has 4 aliphatic carbocycles. The number of azide groups is 1. The van der Waals surface area contributed by atoms with Crippen LogP contribution in [0.25, 0.3) is 26.4 Å². The van der Waals surface area contributed by atoms with Crippen molar-refractivity contribution in [2.24, 2.45) is 63.9 Å². The van der Waals surface area contributed by atoms with E-state index >= 15 is 0 Å². The van der Waals surface area contributed by atoms with E-state index in [9.17, 15) is 27.6 Å². The SMILES string of the molecule is C[C@@H]1C[C@@H](C(=O)N(C)C)CC[C@@H]1N.C[C@@H]1C[C@@H](C(=O)N(C)C)CC[C@@H]1N.C[C@@H]1C[C@@H](C(=O)N(C)C)CC[C@@H]1N=[N+]=[N-].C[C@@H]1C[C@@H](C(=O)N(C)C)CC[C@H]1OS(C)(=O)=O.O=C(O)C(=O)O.O=C(O)C(=O)O.[CH3-].[N-]=[N+]=[N-].[Na+].[Pd]. The third kappa shape index (κ3) is 36.1. The number of aliphatic carboxylic acids is 4. The number of nitrogens with zero attached hydrogens (tertiary/aromatic N) is 10. The number of nitrogens with two attached hydrogens (primary N) is 2. The minimum atomic E-state index is -3.41. The predicted octanol–water partition coefficient (Wildman–Crippen LogP) is 1.35. The van der Waals surface area contributed by atoms with E-state index in [1.165, 1.54) is 4.91 Å². The van der Waals surface area contributed by atoms with Gasteiger partial charge in [0.25, 0.3) is 10.1 Å². The van der Waals surface area contributed by atoms with Gasteiger partial charge in [-0.1, -0.05) is 32.8 Å². The smallest absolute Gasteiger partial charge is 0.473 e. The summed E-state index contributed by atoms with van der Waals surface area (Å²) in [5.41, 5.74) is 33.7. The Morgan fingerprint density at radius 2 is 0.763 bits per heavy atom. The van der Waals surface area contributed by atoms with E-state index in [0.29, 0.717) is 49.1 Å². The molecule has 0 aliphatic heterocycles. The molecule has 0 bridgehead atoms. The van der Waals surface area contributed by atoms with Crippen molar-refractivity contribution >= 4 is 57.6 Å². The Labute approximate surface area is 485 Å². The zero-order valence-electron chi connectivity index (χ0n) is 47.0. The molecule has 0 radical (unpaired) electrons. The average Bonchev–Trinajstić information content (AvgIpc) is 3.29. The number of rotatable bonds is 7. The number of hydrogen-bond donors (Lipinski definition) is 6. The van der Waals surface area contributed by atoms with Crippen molar-refractivity contribution in [1.82, 2.24) is 19.6 Å². The second-order valence-electron chi connectivity index (χ2n) is 19.6. The minimum absolute atomic E-state index is 0. The van der Waals surface area contributed by atoms with Gasteiger partial charge in [0.05, 0.1) is 12.4 Å². The van der Waals surface area contributed by atoms with Crippen molar-refractivity contribution in [2.75, 3.05) is 62.6 Å². The molecule has 438 valence electrons. The molecule has 0 aromatic rings. The molecule has 4 amide bonds. The van der Waals surface area contributed by atoms with Gasteiger partial charge in [-0.2, -0.15) is 8.42 Å². The van der Waals surface area contributed by atoms with Gasteiger partial charge in [-0.3, -0.25) is 28.3 Å². The second kappa shape index (κ2) is 42.8. The molecule has 0 saturated heterocycles. The Morgan fingerprint density at radius 1 is 0.513 bits per heavy atom. The van der Waals surface area contributed by atoms with Crippen molar-refractivity contribution in [3.63, 3.8) is 0 Å². The first kappa shape index (κ1) is 83.2. The average molecular weight is 1210 g/mol. The normalized spacial score (nSPS) is 25.7. The predicted molar refractivity (Wildman–Crippen MR) is 276 cm³/mol. The summed E-state index contributed by atoms with van der Waals surface area (Å²) in [5, 5.41) is 33.3. The minimum Gasteiger partial charge on any atom is -0.473 e. The standard InChI is InChI=1S/C11H21NO4S.C10H18N4O.2C10H20N2O.2C2H2O4.CH3.N3.Na.Pd/c1-8-7-9(11(13)12(2)3)5-6-10(8)16-17(4,14)15;1-7-6-8(10(15)14(2)3)4-5-9(7)12-13-11;2*1-7-6-8(4-5-9(7)11)10(13)12(2)3;2*3-1(4)2(5)6;;1-3-2;;/h8-10H,5-7H2,1-4H3;7-9H,4-6H2,1-3H3;2*7-9H,4-6,11H2,1-3H3;2*(H,3,4)(H,5,6);1H3;;;/q;;;;;;2*-1;+1;/t8-,9+,10-;3*7-,8+,9+;;;;;;/m1111....../s1. The number of carboxylic acid groups (broad SMARTS) is 4. The topological polar surface area (TPSA) is 433 Å². The number of amides is 4. The van der Waals surface area contributed by atoms with E-state index < -0.39 is 34.0 Å². The molecule has 8 N–H and O–H groups in total. The fourth-order valence-corrected chi connectivity index (χ4v) is 9.29. The molecular formula is C46H86N12NaO15PdS-. The first-order valence-electron chi connectivity index (χ1n) is 23.7. The molecule has 0 aromatic carbocycles. The van der Waals surface area contributed by atoms with Crippen LogP contribution < -0.4 is 41.0 Å². The Balaban J connectivity index is -0.000000195. The van der Waals surface area contributed by atoms with E-state index in [0.717, 1.165) is 64.0 Å². The Kier molecular flexibility index (Phi) is 46.9. The molecule has 12 atom stereocenters. The quantitative estimate of drug-likeness (QED) is 0.0398. The summed E-state index contributed by atoms with van der Waals surface area (Å²) in [4.78, 5) is 94.2. The van der Waals surface area contributed by atoms with Gasteiger partial charge in [-0.25, -0.2) is 19.2 Å². The molecule has 30 heteroatoms. The van der Waals surface area contributed by atoms with E-state index in [2.05, 4.69) is 30.8 Å². The van der Waals surface area contributed by atoms with Gasteiger partial charge in [0.1, 0.15) is 0 Å². The zero-order valence-corrected chi connectivity index (χ0v) is 51.4. The van der Waals surface area contributed by atoms with E-state index in [-0.39, 0.29) is 123 Å². The zero-order chi connectivity index (χ0) is 57.7. The van der Waals surface area contributed by atoms with Crippen LogP contribution in [0.4, 0.5) is 0 Å². The van der Waals surface area contributed by atoms with Crippen LogP contribution in [0.3, 0.4) is 0 Å². The Bertz CT molecular complexity index is 1910. The largest absolute Gasteiger partial charge is 1.00 e. The van der Waals surface area contributed by atoms with Crippen LogP contribution in [0.2, 0.25) is 0 Å². The van der Waals surface area contributed by atoms with Crippen LogP contribution in [-0.4, -0.2) is 183 Å². The molecular weight excluding hydrogens is 1120 g/mol. The third-order valence-corrected chi connectivity index (χ3v) is 13.3. The summed E-state index contributed by atoms with van der Waals surface area (Å²) in [5.74, 6) is -4.54. The Morgan fingerprint density at radius 3 is 0.974 bits per heavy atom. The fraction of sp³-hybridized carbons (Fsp3) is 0.804. The number of hydrogen-bond acceptors (Lipinski definition) is 14. The molecule has 76 heavy (non-hydrogen) atoms. The summed E-state index contributed by atoms with van der Waals surface area (Å²) in [7, 11) is 10.9. The van der Waals surface area contributed by atoms with Crippen LogP contribution in [0.1, 0.15) is 105 Å². The molecule has 0 spiro atoms. The summed E-state index contributed by atoms with van der Waals surface area (Å²) >= 11 is 0. The van der Waals surface area contributed by atoms with Gasteiger partial charge < -0.3 is 70.0 Å². The van der Waals surface area contributed by atoms with Crippen molar-refractivity contribution < 1.29 is 121 Å². The molecule has 4 rings (SSSR count). The number of carbonyl (C=O) groups is 8. The van der Waals surface area contributed by atoms with Crippen molar-refractivity contribution in [3.05, 3.63) is 33.8 Å². The summed E-state index contributed by atoms with van der Waals surface area (Å²) in [6, 6.07) is 0.665. The summed E-state index contributed by atoms with van der Waals surface area (Å²) < 4.78 is 27.2. The van der Waals surface area contributed by atoms with Gasteiger partial charge in [-0.15, -0.1) is 0 Å². The number of carboxylic acids is 4. The monoisotopic (exact) mass is 1210 g/mol. The summed E-state index contributed by atoms with van der Waals surface area (Å²) in [6.45, 7) is 8.26. The first-order chi connectivity index (χ1) is 33.5. The van der Waals surface area contributed by atoms with Gasteiger partial charge in [0.15, 0.2) is 0 Å². The van der Waals surface area contributed by atoms with Gasteiger partial charge in [-0.05, 0) is 106 Å². The molecule has 0 unspecified atom stereocenters. The van der Waals surface area contributed by atoms with Gasteiger partial charge in [0, 0.05) is 124 Å². The maximum absolute atomic E-state index is 11.8. The van der Waals surface area contributed by atoms with E-state index in [4.69, 9.17) is 71.8 Å². The van der Waals surface area contributed by atoms with Crippen LogP contribution >= 0.6 is 0 Å². The molecule has 0 aromatic heterocycles. The molecule has 4 saturated carbocycles. The van der Waals surface area contributed by atoms with Gasteiger partial charge >= 0.3 is 53.4 Å². The fourth-order valence-electron chi connectivity index (χ4n) is 8.55. The van der Waals surface area contributed by atoms with Crippen LogP contribution in [0, 0.1) is 54.8 Å². The molecule has 4 fully saturated rings. The maximum Gasteiger partial charge on any atom is 1.00 e. The molecule has 0 heterocycles. The second-order valence-corrected chi connectivity index (χ2v) is 21.2. The van der Waals surface area contributed by atoms with E-state index in [1.54, 1.807) is 47.8 Å². The Hall–Kier alpha value is -4.13. The molecule has 4 aliphatic rings. The summed E-state index contributed by atoms with van der Waals surface area (Å²) in [6.07, 6.45) is 11.1. The van der Waals surface area contributed by atoms with E-state index in [1.807, 2.05) is 35.1 Å². The maximum atomic E-state index is 11.8. The van der Waals surface area contributed by atoms with Crippen LogP contribution in [0.5, 0.6) is 0 Å². The van der Waals surface area contributed by atoms with Crippen molar-refractivity contribution in [2.45, 2.75) is 129 Å². The number of carbonyl (C=O) groups excluding carboxylic acids is 4. The van der Waals surface area contributed by atoms with Crippen molar-refractivity contribution in [1.29, 1.82) is 0 Å². The van der Waals surface area contributed by atoms with Crippen LogP contribution in [0.15, 0.2) is 5.11 Å². The third-order valence-electron chi connectivity index (χ3n) is 12.7. The first-order valence-corrected chi connectivity index (χ1v) is 25.5.